The van der Waals surface area contributed by atoms with Gasteiger partial charge >= 0.3 is 0 Å². The van der Waals surface area contributed by atoms with E-state index in [4.69, 9.17) is 4.74 Å². The molecule has 1 N–H and O–H groups in total. The van der Waals surface area contributed by atoms with Gasteiger partial charge in [0.2, 0.25) is 0 Å². The average Bonchev–Trinajstić information content (AvgIpc) is 2.92. The van der Waals surface area contributed by atoms with Gasteiger partial charge in [-0.25, -0.2) is 9.37 Å². The summed E-state index contributed by atoms with van der Waals surface area (Å²) in [7, 11) is 0. The van der Waals surface area contributed by atoms with E-state index in [1.165, 1.54) is 6.07 Å². The Hall–Kier alpha value is -1.46. The number of ether oxygens (including phenoxy) is 1. The minimum atomic E-state index is -0.327. The highest BCUT2D eigenvalue weighted by Gasteiger charge is 2.07. The zero-order chi connectivity index (χ0) is 14.4. The van der Waals surface area contributed by atoms with Gasteiger partial charge in [0.1, 0.15) is 6.61 Å². The van der Waals surface area contributed by atoms with Gasteiger partial charge in [-0.15, -0.1) is 11.3 Å². The molecule has 108 valence electrons. The highest BCUT2D eigenvalue weighted by Crippen LogP contribution is 2.20. The van der Waals surface area contributed by atoms with Crippen molar-refractivity contribution in [2.24, 2.45) is 0 Å². The predicted octanol–water partition coefficient (Wildman–Crippen LogP) is 3.53. The number of halogens is 1. The molecule has 0 aliphatic carbocycles. The molecule has 1 aromatic heterocycles. The maximum absolute atomic E-state index is 13.9. The Bertz CT molecular complexity index is 557. The Morgan fingerprint density at radius 3 is 2.85 bits per heavy atom. The summed E-state index contributed by atoms with van der Waals surface area (Å²) in [4.78, 5) is 4.39. The van der Waals surface area contributed by atoms with Crippen LogP contribution >= 0.6 is 11.3 Å². The standard InChI is InChI=1S/C15H19FN2OS/c1-3-15-18-12(10-20-15)9-19-14-6-5-11(7-13(14)16)8-17-4-2/h5-7,10,17H,3-4,8-9H2,1-2H3. The summed E-state index contributed by atoms with van der Waals surface area (Å²) in [5.74, 6) is -0.0531. The van der Waals surface area contributed by atoms with Crippen LogP contribution in [-0.4, -0.2) is 11.5 Å². The van der Waals surface area contributed by atoms with E-state index in [-0.39, 0.29) is 11.6 Å². The maximum atomic E-state index is 13.9. The third-order valence-electron chi connectivity index (χ3n) is 2.85. The van der Waals surface area contributed by atoms with Gasteiger partial charge < -0.3 is 10.1 Å². The van der Waals surface area contributed by atoms with Crippen LogP contribution in [0.2, 0.25) is 0 Å². The minimum Gasteiger partial charge on any atom is -0.484 e. The molecule has 2 rings (SSSR count). The smallest absolute Gasteiger partial charge is 0.165 e. The molecule has 0 saturated carbocycles. The summed E-state index contributed by atoms with van der Waals surface area (Å²) in [6, 6.07) is 5.06. The van der Waals surface area contributed by atoms with E-state index in [0.717, 1.165) is 29.2 Å². The van der Waals surface area contributed by atoms with Crippen LogP contribution in [0.4, 0.5) is 4.39 Å². The number of rotatable bonds is 7. The molecule has 20 heavy (non-hydrogen) atoms. The molecule has 0 fully saturated rings. The van der Waals surface area contributed by atoms with Crippen LogP contribution in [0, 0.1) is 5.82 Å². The molecule has 0 atom stereocenters. The zero-order valence-corrected chi connectivity index (χ0v) is 12.6. The molecule has 0 aliphatic heterocycles. The van der Waals surface area contributed by atoms with E-state index < -0.39 is 0 Å². The molecule has 1 heterocycles. The van der Waals surface area contributed by atoms with Crippen LogP contribution in [0.15, 0.2) is 23.6 Å². The van der Waals surface area contributed by atoms with Crippen molar-refractivity contribution in [3.63, 3.8) is 0 Å². The molecular formula is C15H19FN2OS. The first-order valence-corrected chi connectivity index (χ1v) is 7.66. The predicted molar refractivity (Wildman–Crippen MR) is 79.6 cm³/mol. The largest absolute Gasteiger partial charge is 0.484 e. The van der Waals surface area contributed by atoms with Crippen LogP contribution < -0.4 is 10.1 Å². The lowest BCUT2D eigenvalue weighted by molar-refractivity contribution is 0.286. The van der Waals surface area contributed by atoms with Gasteiger partial charge in [0.05, 0.1) is 10.7 Å². The maximum Gasteiger partial charge on any atom is 0.165 e. The molecule has 0 bridgehead atoms. The van der Waals surface area contributed by atoms with Crippen molar-refractivity contribution in [2.75, 3.05) is 6.54 Å². The number of hydrogen-bond donors (Lipinski definition) is 1. The highest BCUT2D eigenvalue weighted by atomic mass is 32.1. The fraction of sp³-hybridized carbons (Fsp3) is 0.400. The quantitative estimate of drug-likeness (QED) is 0.848. The van der Waals surface area contributed by atoms with Crippen LogP contribution in [0.25, 0.3) is 0 Å². The zero-order valence-electron chi connectivity index (χ0n) is 11.8. The molecule has 0 aliphatic rings. The summed E-state index contributed by atoms with van der Waals surface area (Å²) >= 11 is 1.61. The molecule has 0 radical (unpaired) electrons. The van der Waals surface area contributed by atoms with Crippen LogP contribution in [0.5, 0.6) is 5.75 Å². The van der Waals surface area contributed by atoms with Gasteiger partial charge in [0, 0.05) is 11.9 Å². The lowest BCUT2D eigenvalue weighted by Crippen LogP contribution is -2.11. The Labute approximate surface area is 122 Å². The lowest BCUT2D eigenvalue weighted by atomic mass is 10.2. The first-order chi connectivity index (χ1) is 9.72. The normalized spacial score (nSPS) is 10.8. The fourth-order valence-corrected chi connectivity index (χ4v) is 2.50. The number of aromatic nitrogens is 1. The first-order valence-electron chi connectivity index (χ1n) is 6.78. The molecule has 5 heteroatoms. The molecule has 0 unspecified atom stereocenters. The number of hydrogen-bond acceptors (Lipinski definition) is 4. The fourth-order valence-electron chi connectivity index (χ4n) is 1.77. The van der Waals surface area contributed by atoms with Crippen molar-refractivity contribution < 1.29 is 9.13 Å². The van der Waals surface area contributed by atoms with Crippen LogP contribution in [0.1, 0.15) is 30.1 Å². The Morgan fingerprint density at radius 2 is 2.20 bits per heavy atom. The van der Waals surface area contributed by atoms with Crippen molar-refractivity contribution in [2.45, 2.75) is 33.4 Å². The van der Waals surface area contributed by atoms with Crippen molar-refractivity contribution in [1.29, 1.82) is 0 Å². The van der Waals surface area contributed by atoms with Crippen molar-refractivity contribution in [1.82, 2.24) is 10.3 Å². The van der Waals surface area contributed by atoms with Gasteiger partial charge in [-0.3, -0.25) is 0 Å². The van der Waals surface area contributed by atoms with Crippen LogP contribution in [0.3, 0.4) is 0 Å². The van der Waals surface area contributed by atoms with Crippen molar-refractivity contribution in [3.8, 4) is 5.75 Å². The average molecular weight is 294 g/mol. The second-order valence-corrected chi connectivity index (χ2v) is 5.36. The monoisotopic (exact) mass is 294 g/mol. The van der Waals surface area contributed by atoms with Crippen molar-refractivity contribution >= 4 is 11.3 Å². The number of thiazole rings is 1. The Morgan fingerprint density at radius 1 is 1.35 bits per heavy atom. The summed E-state index contributed by atoms with van der Waals surface area (Å²) in [5.41, 5.74) is 1.77. The molecule has 0 saturated heterocycles. The summed E-state index contributed by atoms with van der Waals surface area (Å²) in [6.07, 6.45) is 0.915. The van der Waals surface area contributed by atoms with E-state index in [2.05, 4.69) is 17.2 Å². The van der Waals surface area contributed by atoms with Crippen molar-refractivity contribution in [3.05, 3.63) is 45.7 Å². The van der Waals surface area contributed by atoms with Gasteiger partial charge in [0.15, 0.2) is 11.6 Å². The second-order valence-electron chi connectivity index (χ2n) is 4.42. The number of nitrogens with zero attached hydrogens (tertiary/aromatic N) is 1. The molecular weight excluding hydrogens is 275 g/mol. The third kappa shape index (κ3) is 4.02. The lowest BCUT2D eigenvalue weighted by Gasteiger charge is -2.08. The van der Waals surface area contributed by atoms with Gasteiger partial charge in [0.25, 0.3) is 0 Å². The number of benzene rings is 1. The first kappa shape index (κ1) is 14.9. The molecule has 0 spiro atoms. The van der Waals surface area contributed by atoms with Gasteiger partial charge in [-0.2, -0.15) is 0 Å². The second kappa shape index (κ2) is 7.36. The third-order valence-corrected chi connectivity index (χ3v) is 3.89. The van der Waals surface area contributed by atoms with E-state index in [1.807, 2.05) is 18.4 Å². The highest BCUT2D eigenvalue weighted by molar-refractivity contribution is 7.09. The summed E-state index contributed by atoms with van der Waals surface area (Å²) in [6.45, 7) is 5.92. The summed E-state index contributed by atoms with van der Waals surface area (Å²) < 4.78 is 19.4. The van der Waals surface area contributed by atoms with E-state index in [9.17, 15) is 4.39 Å². The van der Waals surface area contributed by atoms with Gasteiger partial charge in [-0.05, 0) is 30.7 Å². The summed E-state index contributed by atoms with van der Waals surface area (Å²) in [5, 5.41) is 6.19. The topological polar surface area (TPSA) is 34.1 Å². The SMILES string of the molecule is CCNCc1ccc(OCc2csc(CC)n2)c(F)c1. The molecule has 2 aromatic rings. The van der Waals surface area contributed by atoms with E-state index >= 15 is 0 Å². The molecule has 0 amide bonds. The van der Waals surface area contributed by atoms with E-state index in [0.29, 0.717) is 13.2 Å². The minimum absolute atomic E-state index is 0.274. The molecule has 3 nitrogen and oxygen atoms in total. The van der Waals surface area contributed by atoms with E-state index in [1.54, 1.807) is 17.4 Å². The molecule has 1 aromatic carbocycles. The number of nitrogens with one attached hydrogen (secondary N) is 1. The van der Waals surface area contributed by atoms with Crippen LogP contribution in [-0.2, 0) is 19.6 Å². The Kier molecular flexibility index (Phi) is 5.49. The Balaban J connectivity index is 1.95. The number of aryl methyl sites for hydroxylation is 1. The van der Waals surface area contributed by atoms with Gasteiger partial charge in [-0.1, -0.05) is 19.9 Å².